The van der Waals surface area contributed by atoms with Crippen LogP contribution in [0.25, 0.3) is 22.2 Å². The predicted molar refractivity (Wildman–Crippen MR) is 119 cm³/mol. The molecule has 2 aromatic carbocycles. The van der Waals surface area contributed by atoms with E-state index in [1.807, 2.05) is 59.5 Å². The number of hydrogen-bond acceptors (Lipinski definition) is 4. The van der Waals surface area contributed by atoms with Crippen LogP contribution >= 0.6 is 0 Å². The Labute approximate surface area is 175 Å². The summed E-state index contributed by atoms with van der Waals surface area (Å²) in [5.41, 5.74) is 5.51. The number of likely N-dealkylation sites (N-methyl/N-ethyl adjacent to an activating group) is 1. The number of carbonyl (C=O) groups is 1. The first kappa shape index (κ1) is 18.3. The topological polar surface area (TPSA) is 49.3 Å². The number of benzene rings is 2. The number of fused-ring (bicyclic) bond motifs is 2. The lowest BCUT2D eigenvalue weighted by molar-refractivity contribution is 0.0753. The van der Waals surface area contributed by atoms with E-state index in [0.29, 0.717) is 18.7 Å². The van der Waals surface area contributed by atoms with Crippen LogP contribution in [0.2, 0.25) is 0 Å². The van der Waals surface area contributed by atoms with E-state index in [-0.39, 0.29) is 5.91 Å². The molecule has 1 aliphatic rings. The van der Waals surface area contributed by atoms with Gasteiger partial charge in [0, 0.05) is 55.7 Å². The Hall–Kier alpha value is -3.73. The molecule has 4 aromatic rings. The number of carbonyl (C=O) groups excluding carboxylic acids is 1. The Kier molecular flexibility index (Phi) is 4.64. The fraction of sp³-hybridized carbons (Fsp3) is 0.160. The molecule has 5 nitrogen and oxygen atoms in total. The Bertz CT molecular complexity index is 1220. The minimum absolute atomic E-state index is 0.0313. The molecular weight excluding hydrogens is 372 g/mol. The average molecular weight is 394 g/mol. The quantitative estimate of drug-likeness (QED) is 0.506. The number of nitrogens with zero attached hydrogens (tertiary/aromatic N) is 4. The van der Waals surface area contributed by atoms with Crippen molar-refractivity contribution in [3.63, 3.8) is 0 Å². The van der Waals surface area contributed by atoms with Crippen LogP contribution in [0.1, 0.15) is 15.9 Å². The second-order valence-corrected chi connectivity index (χ2v) is 7.59. The summed E-state index contributed by atoms with van der Waals surface area (Å²) >= 11 is 0. The minimum Gasteiger partial charge on any atom is -0.373 e. The molecule has 0 unspecified atom stereocenters. The molecular formula is C25H22N4O. The normalized spacial score (nSPS) is 13.8. The molecule has 0 aliphatic carbocycles. The van der Waals surface area contributed by atoms with Gasteiger partial charge in [-0.05, 0) is 35.9 Å². The van der Waals surface area contributed by atoms with Crippen molar-refractivity contribution in [1.82, 2.24) is 14.9 Å². The number of aromatic nitrogens is 2. The van der Waals surface area contributed by atoms with E-state index in [2.05, 4.69) is 29.1 Å². The lowest BCUT2D eigenvalue weighted by atomic mass is 10.0. The van der Waals surface area contributed by atoms with Gasteiger partial charge in [-0.25, -0.2) is 4.98 Å². The summed E-state index contributed by atoms with van der Waals surface area (Å²) in [7, 11) is 2.08. The summed E-state index contributed by atoms with van der Waals surface area (Å²) in [6.07, 6.45) is 3.52. The van der Waals surface area contributed by atoms with E-state index < -0.39 is 0 Å². The monoisotopic (exact) mass is 394 g/mol. The van der Waals surface area contributed by atoms with Crippen LogP contribution in [0.15, 0.2) is 79.1 Å². The molecule has 1 amide bonds. The third-order valence-electron chi connectivity index (χ3n) is 5.66. The Morgan fingerprint density at radius 2 is 1.80 bits per heavy atom. The van der Waals surface area contributed by atoms with Crippen LogP contribution in [0, 0.1) is 0 Å². The molecule has 0 bridgehead atoms. The molecule has 2 aromatic heterocycles. The largest absolute Gasteiger partial charge is 0.373 e. The molecule has 148 valence electrons. The molecule has 3 heterocycles. The van der Waals surface area contributed by atoms with Gasteiger partial charge < -0.3 is 9.80 Å². The third-order valence-corrected chi connectivity index (χ3v) is 5.66. The van der Waals surface area contributed by atoms with Gasteiger partial charge in [0.25, 0.3) is 5.91 Å². The zero-order chi connectivity index (χ0) is 20.5. The van der Waals surface area contributed by atoms with Crippen molar-refractivity contribution >= 4 is 22.5 Å². The smallest absolute Gasteiger partial charge is 0.254 e. The van der Waals surface area contributed by atoms with Crippen LogP contribution in [0.4, 0.5) is 5.69 Å². The number of amides is 1. The maximum atomic E-state index is 13.7. The van der Waals surface area contributed by atoms with E-state index in [0.717, 1.165) is 34.3 Å². The third kappa shape index (κ3) is 3.28. The van der Waals surface area contributed by atoms with Crippen molar-refractivity contribution in [3.05, 3.63) is 90.3 Å². The van der Waals surface area contributed by atoms with Crippen LogP contribution in [-0.4, -0.2) is 40.9 Å². The zero-order valence-corrected chi connectivity index (χ0v) is 16.8. The predicted octanol–water partition coefficient (Wildman–Crippen LogP) is 4.39. The van der Waals surface area contributed by atoms with Gasteiger partial charge in [-0.1, -0.05) is 36.4 Å². The first-order valence-electron chi connectivity index (χ1n) is 10.1. The fourth-order valence-corrected chi connectivity index (χ4v) is 4.05. The van der Waals surface area contributed by atoms with Gasteiger partial charge in [0.1, 0.15) is 0 Å². The second-order valence-electron chi connectivity index (χ2n) is 7.59. The van der Waals surface area contributed by atoms with E-state index >= 15 is 0 Å². The van der Waals surface area contributed by atoms with Crippen LogP contribution in [-0.2, 0) is 6.54 Å². The number of para-hydroxylation sites is 2. The molecule has 0 N–H and O–H groups in total. The lowest BCUT2D eigenvalue weighted by Gasteiger charge is -2.22. The van der Waals surface area contributed by atoms with Crippen LogP contribution in [0.3, 0.4) is 0 Å². The average Bonchev–Trinajstić information content (AvgIpc) is 2.97. The van der Waals surface area contributed by atoms with E-state index in [9.17, 15) is 4.79 Å². The van der Waals surface area contributed by atoms with E-state index in [1.54, 1.807) is 12.4 Å². The van der Waals surface area contributed by atoms with Crippen molar-refractivity contribution in [3.8, 4) is 11.3 Å². The van der Waals surface area contributed by atoms with Crippen molar-refractivity contribution in [1.29, 1.82) is 0 Å². The highest BCUT2D eigenvalue weighted by molar-refractivity contribution is 6.07. The van der Waals surface area contributed by atoms with Crippen molar-refractivity contribution in [2.75, 3.05) is 25.0 Å². The number of hydrogen-bond donors (Lipinski definition) is 0. The summed E-state index contributed by atoms with van der Waals surface area (Å²) < 4.78 is 0. The zero-order valence-electron chi connectivity index (χ0n) is 16.8. The Morgan fingerprint density at radius 3 is 2.67 bits per heavy atom. The summed E-state index contributed by atoms with van der Waals surface area (Å²) in [6, 6.07) is 21.9. The molecule has 0 radical (unpaired) electrons. The summed E-state index contributed by atoms with van der Waals surface area (Å²) in [4.78, 5) is 26.9. The molecule has 1 aliphatic heterocycles. The standard InChI is InChI=1S/C25H22N4O/c1-28-13-14-29(17-19-7-2-5-11-24(19)28)25(30)21-15-23(18-8-6-12-26-16-18)27-22-10-4-3-9-20(21)22/h2-12,15-16H,13-14,17H2,1H3. The SMILES string of the molecule is CN1CCN(C(=O)c2cc(-c3cccnc3)nc3ccccc23)Cc2ccccc21. The van der Waals surface area contributed by atoms with E-state index in [1.165, 1.54) is 5.69 Å². The van der Waals surface area contributed by atoms with Crippen LogP contribution in [0.5, 0.6) is 0 Å². The van der Waals surface area contributed by atoms with Gasteiger partial charge in [-0.2, -0.15) is 0 Å². The lowest BCUT2D eigenvalue weighted by Crippen LogP contribution is -2.34. The van der Waals surface area contributed by atoms with Gasteiger partial charge in [-0.15, -0.1) is 0 Å². The molecule has 0 spiro atoms. The highest BCUT2D eigenvalue weighted by Crippen LogP contribution is 2.28. The van der Waals surface area contributed by atoms with Crippen molar-refractivity contribution in [2.45, 2.75) is 6.54 Å². The summed E-state index contributed by atoms with van der Waals surface area (Å²) in [5.74, 6) is 0.0313. The first-order chi connectivity index (χ1) is 14.7. The molecule has 5 rings (SSSR count). The second kappa shape index (κ2) is 7.59. The number of pyridine rings is 2. The summed E-state index contributed by atoms with van der Waals surface area (Å²) in [5, 5.41) is 0.876. The highest BCUT2D eigenvalue weighted by Gasteiger charge is 2.24. The van der Waals surface area contributed by atoms with Gasteiger partial charge in [0.15, 0.2) is 0 Å². The van der Waals surface area contributed by atoms with Gasteiger partial charge in [0.2, 0.25) is 0 Å². The number of anilines is 1. The van der Waals surface area contributed by atoms with Crippen molar-refractivity contribution < 1.29 is 4.79 Å². The minimum atomic E-state index is 0.0313. The maximum Gasteiger partial charge on any atom is 0.254 e. The summed E-state index contributed by atoms with van der Waals surface area (Å²) in [6.45, 7) is 2.06. The Morgan fingerprint density at radius 1 is 0.967 bits per heavy atom. The highest BCUT2D eigenvalue weighted by atomic mass is 16.2. The van der Waals surface area contributed by atoms with Gasteiger partial charge >= 0.3 is 0 Å². The molecule has 0 atom stereocenters. The number of rotatable bonds is 2. The molecule has 5 heteroatoms. The molecule has 0 fully saturated rings. The van der Waals surface area contributed by atoms with Crippen LogP contribution < -0.4 is 4.90 Å². The van der Waals surface area contributed by atoms with Gasteiger partial charge in [0.05, 0.1) is 16.8 Å². The molecule has 0 saturated carbocycles. The molecule has 0 saturated heterocycles. The van der Waals surface area contributed by atoms with E-state index in [4.69, 9.17) is 4.98 Å². The fourth-order valence-electron chi connectivity index (χ4n) is 4.05. The molecule has 30 heavy (non-hydrogen) atoms. The van der Waals surface area contributed by atoms with Crippen molar-refractivity contribution in [2.24, 2.45) is 0 Å². The maximum absolute atomic E-state index is 13.7. The first-order valence-corrected chi connectivity index (χ1v) is 10.1. The Balaban J connectivity index is 1.59. The van der Waals surface area contributed by atoms with Gasteiger partial charge in [-0.3, -0.25) is 9.78 Å².